The van der Waals surface area contributed by atoms with Gasteiger partial charge in [-0.3, -0.25) is 4.68 Å². The zero-order valence-electron chi connectivity index (χ0n) is 18.5. The standard InChI is InChI=1S/C22H26N8O2S/c1-23-33(31,32)18-7-3-6-17(9-18)27-21-10-20(15-5-4-8-24-11-15)28-22-19(13-26-30(21)22)16-12-25-29(2)14-16/h3,6-7,9-10,12-15,23-24,27H,4-5,8,11H2,1-2H3. The third kappa shape index (κ3) is 4.22. The highest BCUT2D eigenvalue weighted by atomic mass is 32.2. The summed E-state index contributed by atoms with van der Waals surface area (Å²) in [6.45, 7) is 1.89. The largest absolute Gasteiger partial charge is 0.340 e. The van der Waals surface area contributed by atoms with E-state index < -0.39 is 10.0 Å². The molecule has 172 valence electrons. The summed E-state index contributed by atoms with van der Waals surface area (Å²) in [4.78, 5) is 5.18. The number of nitrogens with zero attached hydrogens (tertiary/aromatic N) is 5. The van der Waals surface area contributed by atoms with Crippen LogP contribution in [0.1, 0.15) is 24.5 Å². The topological polar surface area (TPSA) is 118 Å². The summed E-state index contributed by atoms with van der Waals surface area (Å²) in [5, 5.41) is 15.7. The van der Waals surface area contributed by atoms with Crippen LogP contribution in [0.3, 0.4) is 0 Å². The van der Waals surface area contributed by atoms with Crippen molar-refractivity contribution in [1.82, 2.24) is 34.4 Å². The Labute approximate surface area is 192 Å². The third-order valence-corrected chi connectivity index (χ3v) is 7.32. The SMILES string of the molecule is CNS(=O)(=O)c1cccc(Nc2cc(C3CCCNC3)nc3c(-c4cnn(C)c4)cnn23)c1. The predicted octanol–water partition coefficient (Wildman–Crippen LogP) is 2.25. The molecule has 3 N–H and O–H groups in total. The van der Waals surface area contributed by atoms with Crippen LogP contribution in [0, 0.1) is 0 Å². The van der Waals surface area contributed by atoms with Gasteiger partial charge in [0.15, 0.2) is 5.65 Å². The summed E-state index contributed by atoms with van der Waals surface area (Å²) in [6.07, 6.45) is 7.68. The van der Waals surface area contributed by atoms with Crippen LogP contribution in [-0.2, 0) is 17.1 Å². The lowest BCUT2D eigenvalue weighted by Crippen LogP contribution is -2.29. The van der Waals surface area contributed by atoms with Crippen molar-refractivity contribution in [2.45, 2.75) is 23.7 Å². The van der Waals surface area contributed by atoms with Crippen molar-refractivity contribution in [3.63, 3.8) is 0 Å². The molecule has 0 saturated carbocycles. The van der Waals surface area contributed by atoms with E-state index in [4.69, 9.17) is 4.98 Å². The number of anilines is 2. The molecule has 1 unspecified atom stereocenters. The van der Waals surface area contributed by atoms with Gasteiger partial charge in [0.05, 0.1) is 23.0 Å². The van der Waals surface area contributed by atoms with Gasteiger partial charge in [-0.15, -0.1) is 0 Å². The quantitative estimate of drug-likeness (QED) is 0.399. The van der Waals surface area contributed by atoms with Gasteiger partial charge >= 0.3 is 0 Å². The van der Waals surface area contributed by atoms with E-state index in [2.05, 4.69) is 25.6 Å². The minimum absolute atomic E-state index is 0.188. The van der Waals surface area contributed by atoms with Gasteiger partial charge in [-0.25, -0.2) is 18.1 Å². The van der Waals surface area contributed by atoms with E-state index in [1.165, 1.54) is 7.05 Å². The minimum atomic E-state index is -3.55. The highest BCUT2D eigenvalue weighted by Gasteiger charge is 2.21. The molecule has 1 aromatic carbocycles. The van der Waals surface area contributed by atoms with Crippen molar-refractivity contribution in [3.05, 3.63) is 54.6 Å². The highest BCUT2D eigenvalue weighted by Crippen LogP contribution is 2.31. The smallest absolute Gasteiger partial charge is 0.240 e. The van der Waals surface area contributed by atoms with Crippen LogP contribution in [-0.4, -0.2) is 52.9 Å². The molecule has 1 saturated heterocycles. The van der Waals surface area contributed by atoms with E-state index >= 15 is 0 Å². The zero-order valence-corrected chi connectivity index (χ0v) is 19.3. The number of fused-ring (bicyclic) bond motifs is 1. The van der Waals surface area contributed by atoms with Gasteiger partial charge < -0.3 is 10.6 Å². The lowest BCUT2D eigenvalue weighted by molar-refractivity contribution is 0.455. The molecule has 5 rings (SSSR count). The normalized spacial score (nSPS) is 16.8. The van der Waals surface area contributed by atoms with E-state index in [-0.39, 0.29) is 10.8 Å². The van der Waals surface area contributed by atoms with Crippen LogP contribution in [0.4, 0.5) is 11.5 Å². The molecule has 10 nitrogen and oxygen atoms in total. The number of nitrogens with one attached hydrogen (secondary N) is 3. The monoisotopic (exact) mass is 466 g/mol. The van der Waals surface area contributed by atoms with Crippen molar-refractivity contribution in [1.29, 1.82) is 0 Å². The second-order valence-electron chi connectivity index (χ2n) is 8.17. The van der Waals surface area contributed by atoms with E-state index in [0.29, 0.717) is 5.69 Å². The molecule has 0 aliphatic carbocycles. The molecule has 1 fully saturated rings. The molecule has 11 heteroatoms. The number of rotatable bonds is 6. The molecule has 0 bridgehead atoms. The second-order valence-corrected chi connectivity index (χ2v) is 10.1. The first-order chi connectivity index (χ1) is 15.9. The molecule has 4 aromatic rings. The molecule has 3 aromatic heterocycles. The van der Waals surface area contributed by atoms with Crippen LogP contribution < -0.4 is 15.4 Å². The van der Waals surface area contributed by atoms with Gasteiger partial charge in [-0.05, 0) is 44.6 Å². The molecule has 33 heavy (non-hydrogen) atoms. The number of benzene rings is 1. The Kier molecular flexibility index (Phi) is 5.60. The van der Waals surface area contributed by atoms with Gasteiger partial charge in [0.25, 0.3) is 0 Å². The number of hydrogen-bond acceptors (Lipinski definition) is 7. The molecule has 1 aliphatic heterocycles. The third-order valence-electron chi connectivity index (χ3n) is 5.91. The van der Waals surface area contributed by atoms with Crippen LogP contribution in [0.2, 0.25) is 0 Å². The Balaban J connectivity index is 1.62. The van der Waals surface area contributed by atoms with Crippen LogP contribution in [0.5, 0.6) is 0 Å². The maximum atomic E-state index is 12.3. The Hall–Kier alpha value is -3.28. The average molecular weight is 467 g/mol. The fraction of sp³-hybridized carbons (Fsp3) is 0.318. The highest BCUT2D eigenvalue weighted by molar-refractivity contribution is 7.89. The van der Waals surface area contributed by atoms with Crippen LogP contribution in [0.15, 0.2) is 53.8 Å². The summed E-state index contributed by atoms with van der Waals surface area (Å²) in [7, 11) is -0.278. The summed E-state index contributed by atoms with van der Waals surface area (Å²) < 4.78 is 30.4. The van der Waals surface area contributed by atoms with E-state index in [0.717, 1.165) is 54.2 Å². The van der Waals surface area contributed by atoms with E-state index in [1.807, 2.05) is 25.4 Å². The fourth-order valence-electron chi connectivity index (χ4n) is 4.15. The van der Waals surface area contributed by atoms with Gasteiger partial charge in [0.1, 0.15) is 5.82 Å². The van der Waals surface area contributed by atoms with Crippen LogP contribution in [0.25, 0.3) is 16.8 Å². The first-order valence-electron chi connectivity index (χ1n) is 10.8. The summed E-state index contributed by atoms with van der Waals surface area (Å²) in [5.74, 6) is 1.01. The number of aromatic nitrogens is 5. The van der Waals surface area contributed by atoms with Crippen molar-refractivity contribution < 1.29 is 8.42 Å². The van der Waals surface area contributed by atoms with Crippen molar-refractivity contribution in [2.75, 3.05) is 25.5 Å². The molecule has 0 spiro atoms. The summed E-state index contributed by atoms with van der Waals surface area (Å²) >= 11 is 0. The van der Waals surface area contributed by atoms with Gasteiger partial charge in [0.2, 0.25) is 10.0 Å². The molecular formula is C22H26N8O2S. The number of piperidine rings is 1. The predicted molar refractivity (Wildman–Crippen MR) is 126 cm³/mol. The molecule has 1 aliphatic rings. The Morgan fingerprint density at radius 2 is 2.06 bits per heavy atom. The summed E-state index contributed by atoms with van der Waals surface area (Å²) in [5.41, 5.74) is 4.18. The molecule has 0 radical (unpaired) electrons. The van der Waals surface area contributed by atoms with Gasteiger partial charge in [-0.1, -0.05) is 6.07 Å². The lowest BCUT2D eigenvalue weighted by atomic mass is 9.96. The maximum Gasteiger partial charge on any atom is 0.240 e. The minimum Gasteiger partial charge on any atom is -0.340 e. The van der Waals surface area contributed by atoms with Gasteiger partial charge in [-0.2, -0.15) is 14.7 Å². The zero-order chi connectivity index (χ0) is 23.0. The molecular weight excluding hydrogens is 440 g/mol. The average Bonchev–Trinajstić information content (AvgIpc) is 3.46. The molecule has 0 amide bonds. The van der Waals surface area contributed by atoms with Crippen LogP contribution >= 0.6 is 0 Å². The van der Waals surface area contributed by atoms with Crippen molar-refractivity contribution >= 4 is 27.2 Å². The molecule has 1 atom stereocenters. The van der Waals surface area contributed by atoms with Gasteiger partial charge in [0, 0.05) is 48.6 Å². The Bertz CT molecular complexity index is 1400. The Morgan fingerprint density at radius 1 is 1.18 bits per heavy atom. The second kappa shape index (κ2) is 8.58. The Morgan fingerprint density at radius 3 is 2.79 bits per heavy atom. The fourth-order valence-corrected chi connectivity index (χ4v) is 4.93. The van der Waals surface area contributed by atoms with Crippen molar-refractivity contribution in [3.8, 4) is 11.1 Å². The van der Waals surface area contributed by atoms with E-state index in [1.54, 1.807) is 39.8 Å². The number of sulfonamides is 1. The number of hydrogen-bond donors (Lipinski definition) is 3. The first-order valence-corrected chi connectivity index (χ1v) is 12.3. The number of aryl methyl sites for hydroxylation is 1. The maximum absolute atomic E-state index is 12.3. The summed E-state index contributed by atoms with van der Waals surface area (Å²) in [6, 6.07) is 8.71. The molecule has 4 heterocycles. The first kappa shape index (κ1) is 21.6. The van der Waals surface area contributed by atoms with E-state index in [9.17, 15) is 8.42 Å². The van der Waals surface area contributed by atoms with Crippen molar-refractivity contribution in [2.24, 2.45) is 7.05 Å². The lowest BCUT2D eigenvalue weighted by Gasteiger charge is -2.23.